The second-order valence-electron chi connectivity index (χ2n) is 7.78. The maximum atomic E-state index is 9.91. The first-order chi connectivity index (χ1) is 9.07. The lowest BCUT2D eigenvalue weighted by Crippen LogP contribution is -2.06. The summed E-state index contributed by atoms with van der Waals surface area (Å²) in [4.78, 5) is 0. The van der Waals surface area contributed by atoms with Crippen molar-refractivity contribution in [2.75, 3.05) is 0 Å². The molecule has 1 nitrogen and oxygen atoms in total. The van der Waals surface area contributed by atoms with Crippen molar-refractivity contribution >= 4 is 6.08 Å². The van der Waals surface area contributed by atoms with Gasteiger partial charge in [0.25, 0.3) is 0 Å². The summed E-state index contributed by atoms with van der Waals surface area (Å²) in [5, 5.41) is 9.91. The summed E-state index contributed by atoms with van der Waals surface area (Å²) < 4.78 is 0. The number of aromatic hydroxyl groups is 1. The second kappa shape index (κ2) is 6.33. The van der Waals surface area contributed by atoms with Crippen molar-refractivity contribution in [2.24, 2.45) is 10.8 Å². The molecule has 0 saturated carbocycles. The van der Waals surface area contributed by atoms with Crippen LogP contribution in [-0.4, -0.2) is 5.11 Å². The molecule has 1 heteroatoms. The van der Waals surface area contributed by atoms with E-state index in [-0.39, 0.29) is 5.41 Å². The van der Waals surface area contributed by atoms with Crippen molar-refractivity contribution in [2.45, 2.75) is 54.4 Å². The van der Waals surface area contributed by atoms with Gasteiger partial charge in [-0.1, -0.05) is 47.6 Å². The zero-order valence-electron chi connectivity index (χ0n) is 13.7. The van der Waals surface area contributed by atoms with Crippen molar-refractivity contribution in [3.05, 3.63) is 41.1 Å². The zero-order chi connectivity index (χ0) is 15.4. The largest absolute Gasteiger partial charge is 0.507 e. The molecule has 0 aromatic heterocycles. The van der Waals surface area contributed by atoms with Gasteiger partial charge < -0.3 is 5.11 Å². The smallest absolute Gasteiger partial charge is 0.123 e. The number of phenolic OH excluding ortho intramolecular Hbond substituents is 1. The molecule has 0 unspecified atom stereocenters. The summed E-state index contributed by atoms with van der Waals surface area (Å²) in [7, 11) is 0. The van der Waals surface area contributed by atoms with Gasteiger partial charge in [-0.05, 0) is 53.5 Å². The number of aryl methyl sites for hydroxylation is 1. The number of allylic oxidation sites excluding steroid dienone is 1. The molecule has 20 heavy (non-hydrogen) atoms. The molecule has 1 N–H and O–H groups in total. The van der Waals surface area contributed by atoms with Gasteiger partial charge >= 0.3 is 0 Å². The van der Waals surface area contributed by atoms with Crippen LogP contribution in [0.3, 0.4) is 0 Å². The maximum absolute atomic E-state index is 9.91. The Bertz CT molecular complexity index is 504. The number of rotatable bonds is 3. The first kappa shape index (κ1) is 16.6. The molecule has 0 atom stereocenters. The third-order valence-electron chi connectivity index (χ3n) is 3.01. The van der Waals surface area contributed by atoms with Crippen LogP contribution in [0.5, 0.6) is 5.75 Å². The third kappa shape index (κ3) is 6.63. The summed E-state index contributed by atoms with van der Waals surface area (Å²) >= 11 is 0. The minimum Gasteiger partial charge on any atom is -0.507 e. The van der Waals surface area contributed by atoms with Gasteiger partial charge in [-0.3, -0.25) is 0 Å². The van der Waals surface area contributed by atoms with Crippen LogP contribution in [0, 0.1) is 10.8 Å². The average Bonchev–Trinajstić information content (AvgIpc) is 2.27. The van der Waals surface area contributed by atoms with Gasteiger partial charge in [0.2, 0.25) is 0 Å². The Hall–Kier alpha value is -1.46. The van der Waals surface area contributed by atoms with Crippen LogP contribution in [-0.2, 0) is 6.42 Å². The molecule has 0 saturated heterocycles. The van der Waals surface area contributed by atoms with Crippen LogP contribution in [0.4, 0.5) is 0 Å². The van der Waals surface area contributed by atoms with E-state index in [1.807, 2.05) is 18.2 Å². The lowest BCUT2D eigenvalue weighted by atomic mass is 9.88. The van der Waals surface area contributed by atoms with Crippen molar-refractivity contribution < 1.29 is 5.11 Å². The quantitative estimate of drug-likeness (QED) is 0.712. The highest BCUT2D eigenvalue weighted by molar-refractivity contribution is 5.57. The SMILES string of the molecule is CC(C)(C)C=C=Cc1cc(CCC(C)(C)C)ccc1O. The molecule has 1 aromatic carbocycles. The fraction of sp³-hybridized carbons (Fsp3) is 0.526. The van der Waals surface area contributed by atoms with Gasteiger partial charge in [0.15, 0.2) is 0 Å². The van der Waals surface area contributed by atoms with Crippen LogP contribution < -0.4 is 0 Å². The van der Waals surface area contributed by atoms with E-state index in [0.717, 1.165) is 18.4 Å². The minimum absolute atomic E-state index is 0.107. The number of benzene rings is 1. The van der Waals surface area contributed by atoms with E-state index in [2.05, 4.69) is 53.3 Å². The van der Waals surface area contributed by atoms with E-state index in [4.69, 9.17) is 0 Å². The number of hydrogen-bond donors (Lipinski definition) is 1. The summed E-state index contributed by atoms with van der Waals surface area (Å²) in [5.41, 5.74) is 5.72. The Morgan fingerprint density at radius 1 is 1.10 bits per heavy atom. The van der Waals surface area contributed by atoms with Crippen LogP contribution >= 0.6 is 0 Å². The lowest BCUT2D eigenvalue weighted by molar-refractivity contribution is 0.378. The monoisotopic (exact) mass is 272 g/mol. The molecular weight excluding hydrogens is 244 g/mol. The van der Waals surface area contributed by atoms with Gasteiger partial charge in [0.1, 0.15) is 5.75 Å². The summed E-state index contributed by atoms with van der Waals surface area (Å²) in [6.45, 7) is 13.1. The van der Waals surface area contributed by atoms with Crippen molar-refractivity contribution in [1.29, 1.82) is 0 Å². The van der Waals surface area contributed by atoms with Crippen LogP contribution in [0.15, 0.2) is 30.0 Å². The van der Waals surface area contributed by atoms with Gasteiger partial charge in [-0.2, -0.15) is 0 Å². The van der Waals surface area contributed by atoms with Crippen molar-refractivity contribution in [1.82, 2.24) is 0 Å². The van der Waals surface area contributed by atoms with Crippen molar-refractivity contribution in [3.8, 4) is 5.75 Å². The Balaban J connectivity index is 2.90. The van der Waals surface area contributed by atoms with Crippen molar-refractivity contribution in [3.63, 3.8) is 0 Å². The summed E-state index contributed by atoms with van der Waals surface area (Å²) in [5.74, 6) is 0.319. The van der Waals surface area contributed by atoms with E-state index in [1.165, 1.54) is 5.56 Å². The summed E-state index contributed by atoms with van der Waals surface area (Å²) in [6, 6.07) is 5.85. The molecule has 0 bridgehead atoms. The van der Waals surface area contributed by atoms with Gasteiger partial charge in [-0.15, -0.1) is 5.73 Å². The molecular formula is C19H28O. The summed E-state index contributed by atoms with van der Waals surface area (Å²) in [6.07, 6.45) is 6.06. The topological polar surface area (TPSA) is 20.2 Å². The minimum atomic E-state index is 0.107. The van der Waals surface area contributed by atoms with E-state index in [0.29, 0.717) is 11.2 Å². The highest BCUT2D eigenvalue weighted by atomic mass is 16.3. The van der Waals surface area contributed by atoms with Crippen LogP contribution in [0.2, 0.25) is 0 Å². The van der Waals surface area contributed by atoms with Gasteiger partial charge in [0.05, 0.1) is 0 Å². The Morgan fingerprint density at radius 2 is 1.75 bits per heavy atom. The molecule has 0 spiro atoms. The molecule has 0 fully saturated rings. The third-order valence-corrected chi connectivity index (χ3v) is 3.01. The Kier molecular flexibility index (Phi) is 5.25. The zero-order valence-corrected chi connectivity index (χ0v) is 13.7. The van der Waals surface area contributed by atoms with Gasteiger partial charge in [0, 0.05) is 5.56 Å². The normalized spacial score (nSPS) is 11.9. The fourth-order valence-electron chi connectivity index (χ4n) is 1.78. The number of phenols is 1. The van der Waals surface area contributed by atoms with E-state index in [9.17, 15) is 5.11 Å². The van der Waals surface area contributed by atoms with Crippen LogP contribution in [0.25, 0.3) is 6.08 Å². The van der Waals surface area contributed by atoms with Gasteiger partial charge in [-0.25, -0.2) is 0 Å². The highest BCUT2D eigenvalue weighted by Gasteiger charge is 2.10. The first-order valence-electron chi connectivity index (χ1n) is 7.32. The molecule has 0 radical (unpaired) electrons. The molecule has 110 valence electrons. The van der Waals surface area contributed by atoms with E-state index < -0.39 is 0 Å². The second-order valence-corrected chi connectivity index (χ2v) is 7.78. The van der Waals surface area contributed by atoms with E-state index >= 15 is 0 Å². The molecule has 0 aliphatic carbocycles. The molecule has 0 aliphatic rings. The predicted molar refractivity (Wildman–Crippen MR) is 87.9 cm³/mol. The van der Waals surface area contributed by atoms with Crippen LogP contribution in [0.1, 0.15) is 59.1 Å². The molecule has 0 amide bonds. The predicted octanol–water partition coefficient (Wildman–Crippen LogP) is 5.59. The Labute approximate surface area is 124 Å². The maximum Gasteiger partial charge on any atom is 0.123 e. The lowest BCUT2D eigenvalue weighted by Gasteiger charge is -2.17. The van der Waals surface area contributed by atoms with E-state index in [1.54, 1.807) is 6.07 Å². The highest BCUT2D eigenvalue weighted by Crippen LogP contribution is 2.25. The molecule has 1 aromatic rings. The average molecular weight is 272 g/mol. The first-order valence-corrected chi connectivity index (χ1v) is 7.32. The molecule has 0 heterocycles. The standard InChI is InChI=1S/C19H28O/c1-18(2,3)12-7-8-16-14-15(9-10-17(16)20)11-13-19(4,5)6/h8-10,12,14,20H,11,13H2,1-6H3. The molecule has 1 rings (SSSR count). The molecule has 0 aliphatic heterocycles. The number of hydrogen-bond acceptors (Lipinski definition) is 1. The fourth-order valence-corrected chi connectivity index (χ4v) is 1.78. The Morgan fingerprint density at radius 3 is 2.30 bits per heavy atom.